The zero-order valence-corrected chi connectivity index (χ0v) is 11.9. The highest BCUT2D eigenvalue weighted by Crippen LogP contribution is 2.24. The van der Waals surface area contributed by atoms with Gasteiger partial charge in [0, 0.05) is 21.0 Å². The van der Waals surface area contributed by atoms with Crippen molar-refractivity contribution in [3.05, 3.63) is 74.6 Å². The summed E-state index contributed by atoms with van der Waals surface area (Å²) in [6.45, 7) is 0.252. The Morgan fingerprint density at radius 3 is 2.45 bits per heavy atom. The molecule has 0 saturated carbocycles. The van der Waals surface area contributed by atoms with Gasteiger partial charge in [-0.15, -0.1) is 0 Å². The SMILES string of the molecule is O=c1c2ccccc2cnn1Cc1c(Cl)cccc1Cl. The molecular weight excluding hydrogens is 295 g/mol. The van der Waals surface area contributed by atoms with Gasteiger partial charge >= 0.3 is 0 Å². The van der Waals surface area contributed by atoms with Crippen LogP contribution in [0, 0.1) is 0 Å². The minimum Gasteiger partial charge on any atom is -0.267 e. The molecule has 1 aromatic heterocycles. The molecule has 0 fully saturated rings. The maximum Gasteiger partial charge on any atom is 0.274 e. The number of nitrogens with zero attached hydrogens (tertiary/aromatic N) is 2. The minimum absolute atomic E-state index is 0.154. The summed E-state index contributed by atoms with van der Waals surface area (Å²) in [5.41, 5.74) is 0.541. The van der Waals surface area contributed by atoms with Gasteiger partial charge in [0.15, 0.2) is 0 Å². The lowest BCUT2D eigenvalue weighted by molar-refractivity contribution is 0.647. The van der Waals surface area contributed by atoms with E-state index in [0.29, 0.717) is 21.0 Å². The molecule has 3 rings (SSSR count). The van der Waals surface area contributed by atoms with Gasteiger partial charge in [0.1, 0.15) is 0 Å². The van der Waals surface area contributed by atoms with Crippen molar-refractivity contribution < 1.29 is 0 Å². The third-order valence-corrected chi connectivity index (χ3v) is 3.84. The molecule has 0 spiro atoms. The first kappa shape index (κ1) is 13.2. The van der Waals surface area contributed by atoms with Gasteiger partial charge in [-0.25, -0.2) is 4.68 Å². The van der Waals surface area contributed by atoms with Crippen LogP contribution in [0.1, 0.15) is 5.56 Å². The van der Waals surface area contributed by atoms with E-state index < -0.39 is 0 Å². The van der Waals surface area contributed by atoms with E-state index in [1.807, 2.05) is 18.2 Å². The van der Waals surface area contributed by atoms with E-state index in [9.17, 15) is 4.79 Å². The van der Waals surface area contributed by atoms with Crippen LogP contribution in [0.4, 0.5) is 0 Å². The van der Waals surface area contributed by atoms with Gasteiger partial charge in [0.25, 0.3) is 5.56 Å². The first-order chi connectivity index (χ1) is 9.66. The quantitative estimate of drug-likeness (QED) is 0.722. The molecule has 0 aliphatic heterocycles. The maximum atomic E-state index is 12.4. The van der Waals surface area contributed by atoms with Crippen molar-refractivity contribution in [2.24, 2.45) is 0 Å². The monoisotopic (exact) mass is 304 g/mol. The van der Waals surface area contributed by atoms with Gasteiger partial charge in [0.2, 0.25) is 0 Å². The summed E-state index contributed by atoms with van der Waals surface area (Å²) in [5.74, 6) is 0. The van der Waals surface area contributed by atoms with E-state index >= 15 is 0 Å². The van der Waals surface area contributed by atoms with E-state index in [-0.39, 0.29) is 12.1 Å². The van der Waals surface area contributed by atoms with Crippen molar-refractivity contribution in [3.8, 4) is 0 Å². The number of halogens is 2. The van der Waals surface area contributed by atoms with E-state index in [4.69, 9.17) is 23.2 Å². The van der Waals surface area contributed by atoms with E-state index in [1.165, 1.54) is 4.68 Å². The highest BCUT2D eigenvalue weighted by molar-refractivity contribution is 6.35. The van der Waals surface area contributed by atoms with Crippen LogP contribution in [0.25, 0.3) is 10.8 Å². The average molecular weight is 305 g/mol. The van der Waals surface area contributed by atoms with Crippen molar-refractivity contribution in [1.82, 2.24) is 9.78 Å². The Balaban J connectivity index is 2.12. The van der Waals surface area contributed by atoms with Crippen molar-refractivity contribution in [1.29, 1.82) is 0 Å². The third-order valence-electron chi connectivity index (χ3n) is 3.13. The van der Waals surface area contributed by atoms with Crippen LogP contribution >= 0.6 is 23.2 Å². The second kappa shape index (κ2) is 5.27. The second-order valence-electron chi connectivity index (χ2n) is 4.39. The smallest absolute Gasteiger partial charge is 0.267 e. The molecule has 0 aliphatic carbocycles. The lowest BCUT2D eigenvalue weighted by Crippen LogP contribution is -2.23. The molecule has 1 heterocycles. The van der Waals surface area contributed by atoms with Gasteiger partial charge in [-0.2, -0.15) is 5.10 Å². The Hall–Kier alpha value is -1.84. The molecule has 0 aliphatic rings. The Morgan fingerprint density at radius 1 is 1.00 bits per heavy atom. The predicted octanol–water partition coefficient (Wildman–Crippen LogP) is 3.75. The van der Waals surface area contributed by atoms with Crippen LogP contribution in [0.2, 0.25) is 10.0 Å². The highest BCUT2D eigenvalue weighted by Gasteiger charge is 2.09. The van der Waals surface area contributed by atoms with Gasteiger partial charge in [-0.05, 0) is 18.2 Å². The summed E-state index contributed by atoms with van der Waals surface area (Å²) >= 11 is 12.2. The van der Waals surface area contributed by atoms with Gasteiger partial charge in [-0.3, -0.25) is 4.79 Å². The Labute approximate surface area is 125 Å². The third kappa shape index (κ3) is 2.30. The summed E-state index contributed by atoms with van der Waals surface area (Å²) in [6.07, 6.45) is 1.67. The van der Waals surface area contributed by atoms with Crippen LogP contribution < -0.4 is 5.56 Å². The molecule has 100 valence electrons. The van der Waals surface area contributed by atoms with Crippen LogP contribution in [-0.2, 0) is 6.54 Å². The lowest BCUT2D eigenvalue weighted by atomic mass is 10.2. The van der Waals surface area contributed by atoms with Crippen LogP contribution in [0.3, 0.4) is 0 Å². The molecule has 0 N–H and O–H groups in total. The topological polar surface area (TPSA) is 34.9 Å². The largest absolute Gasteiger partial charge is 0.274 e. The minimum atomic E-state index is -0.154. The molecule has 20 heavy (non-hydrogen) atoms. The average Bonchev–Trinajstić information content (AvgIpc) is 2.45. The summed E-state index contributed by atoms with van der Waals surface area (Å²) in [7, 11) is 0. The zero-order valence-electron chi connectivity index (χ0n) is 10.4. The fourth-order valence-electron chi connectivity index (χ4n) is 2.07. The Bertz CT molecular complexity index is 822. The number of rotatable bonds is 2. The molecule has 5 heteroatoms. The molecule has 0 saturated heterocycles. The Morgan fingerprint density at radius 2 is 1.70 bits per heavy atom. The fourth-order valence-corrected chi connectivity index (χ4v) is 2.59. The molecule has 0 bridgehead atoms. The Kier molecular flexibility index (Phi) is 3.47. The molecule has 0 unspecified atom stereocenters. The number of aromatic nitrogens is 2. The summed E-state index contributed by atoms with van der Waals surface area (Å²) in [5, 5.41) is 6.67. The van der Waals surface area contributed by atoms with Crippen molar-refractivity contribution in [3.63, 3.8) is 0 Å². The van der Waals surface area contributed by atoms with E-state index in [0.717, 1.165) is 5.39 Å². The molecule has 0 amide bonds. The van der Waals surface area contributed by atoms with Gasteiger partial charge < -0.3 is 0 Å². The normalized spacial score (nSPS) is 10.9. The van der Waals surface area contributed by atoms with Gasteiger partial charge in [0.05, 0.1) is 18.1 Å². The molecule has 2 aromatic carbocycles. The first-order valence-electron chi connectivity index (χ1n) is 6.04. The number of hydrogen-bond donors (Lipinski definition) is 0. The van der Waals surface area contributed by atoms with Crippen LogP contribution in [-0.4, -0.2) is 9.78 Å². The second-order valence-corrected chi connectivity index (χ2v) is 5.21. The zero-order chi connectivity index (χ0) is 14.1. The summed E-state index contributed by atoms with van der Waals surface area (Å²) in [6, 6.07) is 12.6. The molecule has 3 aromatic rings. The van der Waals surface area contributed by atoms with Gasteiger partial charge in [-0.1, -0.05) is 47.5 Å². The number of fused-ring (bicyclic) bond motifs is 1. The van der Waals surface area contributed by atoms with E-state index in [2.05, 4.69) is 5.10 Å². The van der Waals surface area contributed by atoms with Crippen LogP contribution in [0.15, 0.2) is 53.5 Å². The first-order valence-corrected chi connectivity index (χ1v) is 6.80. The maximum absolute atomic E-state index is 12.4. The van der Waals surface area contributed by atoms with Crippen molar-refractivity contribution >= 4 is 34.0 Å². The lowest BCUT2D eigenvalue weighted by Gasteiger charge is -2.09. The van der Waals surface area contributed by atoms with Crippen LogP contribution in [0.5, 0.6) is 0 Å². The molecule has 0 radical (unpaired) electrons. The fraction of sp³-hybridized carbons (Fsp3) is 0.0667. The predicted molar refractivity (Wildman–Crippen MR) is 81.6 cm³/mol. The number of benzene rings is 2. The highest BCUT2D eigenvalue weighted by atomic mass is 35.5. The molecule has 3 nitrogen and oxygen atoms in total. The standard InChI is InChI=1S/C15H10Cl2N2O/c16-13-6-3-7-14(17)12(13)9-19-15(20)11-5-2-1-4-10(11)8-18-19/h1-8H,9H2. The molecule has 0 atom stereocenters. The summed E-state index contributed by atoms with van der Waals surface area (Å²) in [4.78, 5) is 12.4. The van der Waals surface area contributed by atoms with Crippen molar-refractivity contribution in [2.75, 3.05) is 0 Å². The molecular formula is C15H10Cl2N2O. The van der Waals surface area contributed by atoms with E-state index in [1.54, 1.807) is 30.5 Å². The number of hydrogen-bond acceptors (Lipinski definition) is 2. The summed E-state index contributed by atoms with van der Waals surface area (Å²) < 4.78 is 1.37. The van der Waals surface area contributed by atoms with Crippen molar-refractivity contribution in [2.45, 2.75) is 6.54 Å².